The van der Waals surface area contributed by atoms with Crippen molar-refractivity contribution < 1.29 is 0 Å². The molecule has 3 heteroatoms. The van der Waals surface area contributed by atoms with Crippen LogP contribution in [0.2, 0.25) is 4.34 Å². The van der Waals surface area contributed by atoms with Crippen LogP contribution in [0.15, 0.2) is 11.4 Å². The van der Waals surface area contributed by atoms with E-state index in [1.807, 2.05) is 0 Å². The van der Waals surface area contributed by atoms with Crippen molar-refractivity contribution >= 4 is 22.9 Å². The third kappa shape index (κ3) is 1.76. The first-order chi connectivity index (χ1) is 6.33. The van der Waals surface area contributed by atoms with E-state index in [2.05, 4.69) is 11.4 Å². The minimum absolute atomic E-state index is 0.628. The van der Waals surface area contributed by atoms with Crippen LogP contribution in [-0.2, 0) is 0 Å². The van der Waals surface area contributed by atoms with Gasteiger partial charge in [0.1, 0.15) is 0 Å². The number of hydrogen-bond donors (Lipinski definition) is 1. The minimum atomic E-state index is 0.628. The van der Waals surface area contributed by atoms with Gasteiger partial charge in [-0.1, -0.05) is 18.0 Å². The number of thiophene rings is 1. The van der Waals surface area contributed by atoms with Crippen molar-refractivity contribution in [2.24, 2.45) is 11.7 Å². The Balaban J connectivity index is 2.20. The summed E-state index contributed by atoms with van der Waals surface area (Å²) in [4.78, 5) is 0. The highest BCUT2D eigenvalue weighted by Gasteiger charge is 2.29. The van der Waals surface area contributed by atoms with Gasteiger partial charge in [-0.05, 0) is 48.2 Å². The fourth-order valence-corrected chi connectivity index (χ4v) is 3.35. The maximum absolute atomic E-state index is 6.12. The highest BCUT2D eigenvalue weighted by molar-refractivity contribution is 7.14. The topological polar surface area (TPSA) is 26.0 Å². The van der Waals surface area contributed by atoms with Crippen molar-refractivity contribution in [2.45, 2.75) is 25.2 Å². The number of nitrogens with two attached hydrogens (primary N) is 1. The quantitative estimate of drug-likeness (QED) is 0.806. The van der Waals surface area contributed by atoms with Crippen LogP contribution in [0.25, 0.3) is 0 Å². The summed E-state index contributed by atoms with van der Waals surface area (Å²) in [6.45, 7) is 0.802. The van der Waals surface area contributed by atoms with Crippen LogP contribution in [0.5, 0.6) is 0 Å². The van der Waals surface area contributed by atoms with E-state index in [0.717, 1.165) is 10.9 Å². The highest BCUT2D eigenvalue weighted by atomic mass is 35.5. The molecule has 13 heavy (non-hydrogen) atoms. The molecule has 1 heterocycles. The van der Waals surface area contributed by atoms with Crippen LogP contribution < -0.4 is 5.73 Å². The van der Waals surface area contributed by atoms with E-state index in [4.69, 9.17) is 17.3 Å². The molecule has 2 atom stereocenters. The van der Waals surface area contributed by atoms with Crippen molar-refractivity contribution in [3.8, 4) is 0 Å². The Hall–Kier alpha value is -0.0500. The average Bonchev–Trinajstić information content (AvgIpc) is 2.71. The van der Waals surface area contributed by atoms with E-state index in [1.54, 1.807) is 11.3 Å². The van der Waals surface area contributed by atoms with Gasteiger partial charge in [-0.25, -0.2) is 0 Å². The smallest absolute Gasteiger partial charge is 0.0963 e. The van der Waals surface area contributed by atoms with Crippen LogP contribution in [0, 0.1) is 5.92 Å². The van der Waals surface area contributed by atoms with Gasteiger partial charge in [0.25, 0.3) is 0 Å². The molecule has 1 nitrogen and oxygen atoms in total. The van der Waals surface area contributed by atoms with Gasteiger partial charge in [-0.3, -0.25) is 0 Å². The molecule has 2 N–H and O–H groups in total. The number of rotatable bonds is 2. The first-order valence-electron chi connectivity index (χ1n) is 4.76. The molecular weight excluding hydrogens is 202 g/mol. The van der Waals surface area contributed by atoms with Gasteiger partial charge < -0.3 is 5.73 Å². The van der Waals surface area contributed by atoms with E-state index < -0.39 is 0 Å². The Morgan fingerprint density at radius 1 is 1.54 bits per heavy atom. The van der Waals surface area contributed by atoms with Crippen molar-refractivity contribution in [3.05, 3.63) is 21.3 Å². The molecule has 0 saturated heterocycles. The van der Waals surface area contributed by atoms with Gasteiger partial charge in [-0.2, -0.15) is 0 Å². The monoisotopic (exact) mass is 215 g/mol. The van der Waals surface area contributed by atoms with E-state index in [9.17, 15) is 0 Å². The average molecular weight is 216 g/mol. The Morgan fingerprint density at radius 2 is 2.38 bits per heavy atom. The zero-order valence-corrected chi connectivity index (χ0v) is 9.07. The van der Waals surface area contributed by atoms with Crippen LogP contribution in [0.4, 0.5) is 0 Å². The second kappa shape index (κ2) is 3.99. The molecule has 0 amide bonds. The summed E-state index contributed by atoms with van der Waals surface area (Å²) < 4.78 is 0.963. The lowest BCUT2D eigenvalue weighted by atomic mass is 9.91. The van der Waals surface area contributed by atoms with Crippen LogP contribution in [0.3, 0.4) is 0 Å². The zero-order chi connectivity index (χ0) is 9.26. The Morgan fingerprint density at radius 3 is 3.00 bits per heavy atom. The normalized spacial score (nSPS) is 28.2. The van der Waals surface area contributed by atoms with Gasteiger partial charge in [-0.15, -0.1) is 11.3 Å². The largest absolute Gasteiger partial charge is 0.330 e. The van der Waals surface area contributed by atoms with Crippen LogP contribution >= 0.6 is 22.9 Å². The molecule has 1 aliphatic rings. The van der Waals surface area contributed by atoms with Crippen molar-refractivity contribution in [2.75, 3.05) is 6.54 Å². The lowest BCUT2D eigenvalue weighted by molar-refractivity contribution is 0.497. The molecular formula is C10H14ClNS. The molecule has 1 aromatic rings. The third-order valence-electron chi connectivity index (χ3n) is 3.01. The molecule has 0 bridgehead atoms. The van der Waals surface area contributed by atoms with Gasteiger partial charge in [0, 0.05) is 0 Å². The van der Waals surface area contributed by atoms with E-state index in [1.165, 1.54) is 24.8 Å². The summed E-state index contributed by atoms with van der Waals surface area (Å²) >= 11 is 7.75. The van der Waals surface area contributed by atoms with Crippen LogP contribution in [0.1, 0.15) is 30.7 Å². The molecule has 2 unspecified atom stereocenters. The number of halogens is 1. The standard InChI is InChI=1S/C10H14ClNS/c11-10-9(4-5-13-10)8-3-1-2-7(8)6-12/h4-5,7-8H,1-3,6,12H2. The molecule has 1 aliphatic carbocycles. The van der Waals surface area contributed by atoms with Crippen molar-refractivity contribution in [1.82, 2.24) is 0 Å². The van der Waals surface area contributed by atoms with Gasteiger partial charge in [0.15, 0.2) is 0 Å². The summed E-state index contributed by atoms with van der Waals surface area (Å²) in [5, 5.41) is 2.07. The van der Waals surface area contributed by atoms with E-state index in [-0.39, 0.29) is 0 Å². The van der Waals surface area contributed by atoms with Gasteiger partial charge in [0.2, 0.25) is 0 Å². The molecule has 0 aliphatic heterocycles. The summed E-state index contributed by atoms with van der Waals surface area (Å²) in [6.07, 6.45) is 3.84. The molecule has 72 valence electrons. The second-order valence-corrected chi connectivity index (χ2v) is 5.20. The van der Waals surface area contributed by atoms with Crippen LogP contribution in [-0.4, -0.2) is 6.54 Å². The SMILES string of the molecule is NCC1CCCC1c1ccsc1Cl. The fourth-order valence-electron chi connectivity index (χ4n) is 2.30. The predicted molar refractivity (Wildman–Crippen MR) is 58.5 cm³/mol. The number of hydrogen-bond acceptors (Lipinski definition) is 2. The summed E-state index contributed by atoms with van der Waals surface area (Å²) in [6, 6.07) is 2.16. The van der Waals surface area contributed by atoms with E-state index >= 15 is 0 Å². The maximum atomic E-state index is 6.12. The molecule has 0 spiro atoms. The summed E-state index contributed by atoms with van der Waals surface area (Å²) in [5.74, 6) is 1.29. The van der Waals surface area contributed by atoms with Gasteiger partial charge in [0.05, 0.1) is 4.34 Å². The Bertz CT molecular complexity index is 284. The molecule has 1 saturated carbocycles. The maximum Gasteiger partial charge on any atom is 0.0963 e. The lowest BCUT2D eigenvalue weighted by Crippen LogP contribution is -2.16. The zero-order valence-electron chi connectivity index (χ0n) is 7.50. The second-order valence-electron chi connectivity index (χ2n) is 3.68. The van der Waals surface area contributed by atoms with Crippen molar-refractivity contribution in [1.29, 1.82) is 0 Å². The highest BCUT2D eigenvalue weighted by Crippen LogP contribution is 2.43. The minimum Gasteiger partial charge on any atom is -0.330 e. The Labute approximate surface area is 87.9 Å². The third-order valence-corrected chi connectivity index (χ3v) is 4.21. The van der Waals surface area contributed by atoms with E-state index in [0.29, 0.717) is 11.8 Å². The van der Waals surface area contributed by atoms with Gasteiger partial charge >= 0.3 is 0 Å². The first kappa shape index (κ1) is 9.50. The fraction of sp³-hybridized carbons (Fsp3) is 0.600. The lowest BCUT2D eigenvalue weighted by Gasteiger charge is -2.16. The molecule has 1 fully saturated rings. The first-order valence-corrected chi connectivity index (χ1v) is 6.01. The molecule has 1 aromatic heterocycles. The molecule has 2 rings (SSSR count). The predicted octanol–water partition coefficient (Wildman–Crippen LogP) is 3.24. The summed E-state index contributed by atoms with van der Waals surface area (Å²) in [5.41, 5.74) is 7.07. The molecule has 0 radical (unpaired) electrons. The molecule has 0 aromatic carbocycles. The van der Waals surface area contributed by atoms with Crippen molar-refractivity contribution in [3.63, 3.8) is 0 Å². The Kier molecular flexibility index (Phi) is 2.92. The summed E-state index contributed by atoms with van der Waals surface area (Å²) in [7, 11) is 0.